The monoisotopic (exact) mass is 550 g/mol. The highest BCUT2D eigenvalue weighted by molar-refractivity contribution is 7.55. The van der Waals surface area contributed by atoms with Gasteiger partial charge in [-0.3, -0.25) is 0 Å². The Balaban J connectivity index is 1.54. The molecule has 0 fully saturated rings. The molecule has 0 aliphatic rings. The van der Waals surface area contributed by atoms with E-state index in [9.17, 15) is 0 Å². The maximum atomic E-state index is 6.58. The fraction of sp³-hybridized carbons (Fsp3) is 0.128. The second-order valence-electron chi connectivity index (χ2n) is 11.0. The SMILES string of the molecule is Cc1cc(C)cc(Pc2cc(C)cc(C)c2-c2ccccc2-c2c(OCc3ccccc3)ccc3ccccc23)c1. The molecule has 41 heavy (non-hydrogen) atoms. The predicted octanol–water partition coefficient (Wildman–Crippen LogP) is 9.62. The van der Waals surface area contributed by atoms with Crippen molar-refractivity contribution in [3.8, 4) is 28.0 Å². The normalized spacial score (nSPS) is 11.4. The van der Waals surface area contributed by atoms with Gasteiger partial charge in [-0.25, -0.2) is 0 Å². The van der Waals surface area contributed by atoms with Gasteiger partial charge >= 0.3 is 0 Å². The predicted molar refractivity (Wildman–Crippen MR) is 179 cm³/mol. The highest BCUT2D eigenvalue weighted by Crippen LogP contribution is 2.43. The summed E-state index contributed by atoms with van der Waals surface area (Å²) in [6.45, 7) is 9.37. The second kappa shape index (κ2) is 11.7. The molecule has 0 spiro atoms. The molecule has 0 bridgehead atoms. The molecule has 0 aliphatic carbocycles. The lowest BCUT2D eigenvalue weighted by Gasteiger charge is -2.21. The quantitative estimate of drug-likeness (QED) is 0.180. The highest BCUT2D eigenvalue weighted by atomic mass is 31.1. The van der Waals surface area contributed by atoms with Crippen LogP contribution in [0.4, 0.5) is 0 Å². The molecule has 6 aromatic carbocycles. The van der Waals surface area contributed by atoms with Crippen molar-refractivity contribution in [3.63, 3.8) is 0 Å². The maximum Gasteiger partial charge on any atom is 0.128 e. The zero-order chi connectivity index (χ0) is 28.3. The van der Waals surface area contributed by atoms with Gasteiger partial charge < -0.3 is 4.74 Å². The van der Waals surface area contributed by atoms with E-state index in [1.807, 2.05) is 6.07 Å². The lowest BCUT2D eigenvalue weighted by Crippen LogP contribution is -2.10. The van der Waals surface area contributed by atoms with E-state index >= 15 is 0 Å². The second-order valence-corrected chi connectivity index (χ2v) is 12.4. The smallest absolute Gasteiger partial charge is 0.128 e. The van der Waals surface area contributed by atoms with Gasteiger partial charge in [0.1, 0.15) is 12.4 Å². The topological polar surface area (TPSA) is 9.23 Å². The number of rotatable bonds is 7. The van der Waals surface area contributed by atoms with Crippen LogP contribution in [0, 0.1) is 27.7 Å². The molecule has 0 saturated heterocycles. The fourth-order valence-electron chi connectivity index (χ4n) is 5.93. The standard InChI is InChI=1S/C39H35OP/c1-26-20-27(2)23-32(22-26)41-37-24-28(3)21-29(4)38(37)34-16-10-11-17-35(34)39-33-15-9-8-14-31(33)18-19-36(39)40-25-30-12-6-5-7-13-30/h5-24,41H,25H2,1-4H3. The summed E-state index contributed by atoms with van der Waals surface area (Å²) in [6.07, 6.45) is 0. The van der Waals surface area contributed by atoms with Gasteiger partial charge in [0, 0.05) is 5.56 Å². The van der Waals surface area contributed by atoms with Crippen molar-refractivity contribution >= 4 is 30.0 Å². The molecule has 2 heteroatoms. The molecule has 1 atom stereocenters. The summed E-state index contributed by atoms with van der Waals surface area (Å²) in [7, 11) is 0.569. The lowest BCUT2D eigenvalue weighted by molar-refractivity contribution is 0.308. The Morgan fingerprint density at radius 2 is 1.20 bits per heavy atom. The fourth-order valence-corrected chi connectivity index (χ4v) is 7.60. The molecule has 0 aromatic heterocycles. The van der Waals surface area contributed by atoms with Gasteiger partial charge in [0.15, 0.2) is 0 Å². The largest absolute Gasteiger partial charge is 0.488 e. The van der Waals surface area contributed by atoms with Gasteiger partial charge in [0.2, 0.25) is 0 Å². The molecule has 0 radical (unpaired) electrons. The van der Waals surface area contributed by atoms with E-state index in [4.69, 9.17) is 4.74 Å². The summed E-state index contributed by atoms with van der Waals surface area (Å²) >= 11 is 0. The number of ether oxygens (including phenoxy) is 1. The molecular formula is C39H35OP. The Kier molecular flexibility index (Phi) is 7.73. The minimum absolute atomic E-state index is 0.525. The summed E-state index contributed by atoms with van der Waals surface area (Å²) in [5.41, 5.74) is 11.3. The van der Waals surface area contributed by atoms with E-state index in [1.54, 1.807) is 0 Å². The Labute approximate surface area is 245 Å². The Morgan fingerprint density at radius 1 is 0.561 bits per heavy atom. The van der Waals surface area contributed by atoms with Crippen molar-refractivity contribution < 1.29 is 4.74 Å². The third kappa shape index (κ3) is 5.83. The van der Waals surface area contributed by atoms with Crippen LogP contribution < -0.4 is 15.3 Å². The molecule has 1 nitrogen and oxygen atoms in total. The van der Waals surface area contributed by atoms with Crippen LogP contribution in [0.3, 0.4) is 0 Å². The molecule has 0 amide bonds. The summed E-state index contributed by atoms with van der Waals surface area (Å²) in [4.78, 5) is 0. The van der Waals surface area contributed by atoms with Crippen LogP contribution in [0.25, 0.3) is 33.0 Å². The lowest BCUT2D eigenvalue weighted by atomic mass is 9.88. The number of benzene rings is 6. The number of fused-ring (bicyclic) bond motifs is 1. The van der Waals surface area contributed by atoms with Crippen LogP contribution in [0.1, 0.15) is 27.8 Å². The molecule has 0 aliphatic heterocycles. The van der Waals surface area contributed by atoms with Gasteiger partial charge in [0.05, 0.1) is 0 Å². The van der Waals surface area contributed by atoms with Gasteiger partial charge in [-0.2, -0.15) is 0 Å². The maximum absolute atomic E-state index is 6.58. The average molecular weight is 551 g/mol. The van der Waals surface area contributed by atoms with E-state index in [0.29, 0.717) is 15.2 Å². The van der Waals surface area contributed by atoms with Crippen molar-refractivity contribution in [1.29, 1.82) is 0 Å². The molecule has 0 heterocycles. The number of aryl methyl sites for hydroxylation is 4. The third-order valence-corrected chi connectivity index (χ3v) is 8.82. The first kappa shape index (κ1) is 27.0. The zero-order valence-electron chi connectivity index (χ0n) is 24.2. The summed E-state index contributed by atoms with van der Waals surface area (Å²) in [6, 6.07) is 43.8. The van der Waals surface area contributed by atoms with Crippen LogP contribution in [-0.2, 0) is 6.61 Å². The molecule has 0 N–H and O–H groups in total. The third-order valence-electron chi connectivity index (χ3n) is 7.57. The molecular weight excluding hydrogens is 515 g/mol. The van der Waals surface area contributed by atoms with Crippen LogP contribution in [0.15, 0.2) is 121 Å². The Morgan fingerprint density at radius 3 is 1.95 bits per heavy atom. The zero-order valence-corrected chi connectivity index (χ0v) is 25.2. The molecule has 6 rings (SSSR count). The Bertz CT molecular complexity index is 1830. The summed E-state index contributed by atoms with van der Waals surface area (Å²) in [5.74, 6) is 0.906. The average Bonchev–Trinajstić information content (AvgIpc) is 2.96. The van der Waals surface area contributed by atoms with Crippen molar-refractivity contribution in [3.05, 3.63) is 149 Å². The summed E-state index contributed by atoms with van der Waals surface area (Å²) < 4.78 is 6.58. The minimum atomic E-state index is 0.525. The Hall–Kier alpha value is -4.19. The van der Waals surface area contributed by atoms with Crippen molar-refractivity contribution in [2.45, 2.75) is 34.3 Å². The van der Waals surface area contributed by atoms with E-state index in [1.165, 1.54) is 60.3 Å². The van der Waals surface area contributed by atoms with E-state index in [-0.39, 0.29) is 0 Å². The van der Waals surface area contributed by atoms with Crippen LogP contribution >= 0.6 is 8.58 Å². The summed E-state index contributed by atoms with van der Waals surface area (Å²) in [5, 5.41) is 5.17. The molecule has 6 aromatic rings. The van der Waals surface area contributed by atoms with Crippen LogP contribution in [-0.4, -0.2) is 0 Å². The van der Waals surface area contributed by atoms with E-state index in [2.05, 4.69) is 143 Å². The van der Waals surface area contributed by atoms with Crippen LogP contribution in [0.2, 0.25) is 0 Å². The van der Waals surface area contributed by atoms with E-state index in [0.717, 1.165) is 16.9 Å². The van der Waals surface area contributed by atoms with Gasteiger partial charge in [0.25, 0.3) is 0 Å². The van der Waals surface area contributed by atoms with Crippen molar-refractivity contribution in [2.75, 3.05) is 0 Å². The molecule has 202 valence electrons. The minimum Gasteiger partial charge on any atom is -0.488 e. The van der Waals surface area contributed by atoms with Crippen molar-refractivity contribution in [2.24, 2.45) is 0 Å². The first-order valence-electron chi connectivity index (χ1n) is 14.2. The van der Waals surface area contributed by atoms with E-state index < -0.39 is 0 Å². The number of hydrogen-bond acceptors (Lipinski definition) is 1. The van der Waals surface area contributed by atoms with Gasteiger partial charge in [-0.15, -0.1) is 0 Å². The van der Waals surface area contributed by atoms with Crippen molar-refractivity contribution in [1.82, 2.24) is 0 Å². The molecule has 0 saturated carbocycles. The highest BCUT2D eigenvalue weighted by Gasteiger charge is 2.19. The first-order valence-corrected chi connectivity index (χ1v) is 15.2. The van der Waals surface area contributed by atoms with Gasteiger partial charge in [-0.1, -0.05) is 141 Å². The molecule has 1 unspecified atom stereocenters. The van der Waals surface area contributed by atoms with Gasteiger partial charge in [-0.05, 0) is 83.0 Å². The first-order chi connectivity index (χ1) is 20.0. The van der Waals surface area contributed by atoms with Crippen LogP contribution in [0.5, 0.6) is 5.75 Å². The number of hydrogen-bond donors (Lipinski definition) is 0.